The third-order valence-electron chi connectivity index (χ3n) is 19.3. The first-order valence-corrected chi connectivity index (χ1v) is 44.8. The smallest absolute Gasteiger partial charge is 0.512 e. The first-order valence-electron chi connectivity index (χ1n) is 38.9. The molecule has 0 amide bonds. The average molecular weight is 2390 g/mol. The van der Waals surface area contributed by atoms with Gasteiger partial charge >= 0.3 is 24.2 Å². The van der Waals surface area contributed by atoms with E-state index in [1.807, 2.05) is 238 Å². The number of ether oxygens (including phenoxy) is 1. The second kappa shape index (κ2) is 55.9. The van der Waals surface area contributed by atoms with Crippen LogP contribution in [0.2, 0.25) is 35.8 Å². The zero-order valence-corrected chi connectivity index (χ0v) is 83.6. The summed E-state index contributed by atoms with van der Waals surface area (Å²) in [5.74, 6) is 2.28. The Hall–Kier alpha value is -11.5. The number of nitrogen functional groups attached to an aromatic ring is 2. The van der Waals surface area contributed by atoms with E-state index in [9.17, 15) is 19.2 Å². The molecule has 720 valence electrons. The number of nitrogens with zero attached hydrogens (tertiary/aromatic N) is 15. The fourth-order valence-corrected chi connectivity index (χ4v) is 16.0. The van der Waals surface area contributed by atoms with Gasteiger partial charge in [-0.05, 0) is 243 Å². The number of halogens is 10. The Bertz CT molecular complexity index is 7130. The number of pyridine rings is 5. The van der Waals surface area contributed by atoms with Crippen molar-refractivity contribution in [3.63, 3.8) is 0 Å². The molecule has 17 rings (SSSR count). The van der Waals surface area contributed by atoms with Gasteiger partial charge in [-0.3, -0.25) is 42.4 Å². The van der Waals surface area contributed by atoms with E-state index in [4.69, 9.17) is 132 Å². The van der Waals surface area contributed by atoms with Crippen molar-refractivity contribution in [3.05, 3.63) is 390 Å². The van der Waals surface area contributed by atoms with Crippen LogP contribution in [0.1, 0.15) is 104 Å². The molecule has 0 aliphatic heterocycles. The van der Waals surface area contributed by atoms with Gasteiger partial charge in [-0.25, -0.2) is 34.7 Å². The van der Waals surface area contributed by atoms with Gasteiger partial charge < -0.3 is 71.4 Å². The summed E-state index contributed by atoms with van der Waals surface area (Å²) < 4.78 is 13.9. The van der Waals surface area contributed by atoms with Crippen molar-refractivity contribution in [2.24, 2.45) is 5.73 Å². The first kappa shape index (κ1) is 119. The van der Waals surface area contributed by atoms with Crippen LogP contribution in [0.25, 0.3) is 70.7 Å². The van der Waals surface area contributed by atoms with Crippen LogP contribution in [0.3, 0.4) is 0 Å². The maximum absolute atomic E-state index is 13.5. The normalized spacial score (nSPS) is 10.9. The molecule has 0 saturated heterocycles. The quantitative estimate of drug-likeness (QED) is 0.0143. The Labute approximate surface area is 883 Å². The summed E-state index contributed by atoms with van der Waals surface area (Å²) in [5, 5.41) is 41.1. The van der Waals surface area contributed by atoms with Gasteiger partial charge in [0.2, 0.25) is 28.2 Å². The second-order valence-corrected chi connectivity index (χ2v) is 34.2. The molecule has 8 aromatic carbocycles. The monoisotopic (exact) mass is 2380 g/mol. The number of anilines is 5. The maximum atomic E-state index is 13.5. The van der Waals surface area contributed by atoms with E-state index < -0.39 is 7.12 Å². The third kappa shape index (κ3) is 29.3. The maximum Gasteiger partial charge on any atom is 1.00 e. The molecule has 0 saturated carbocycles. The van der Waals surface area contributed by atoms with Crippen molar-refractivity contribution >= 4 is 240 Å². The van der Waals surface area contributed by atoms with Crippen LogP contribution in [0.15, 0.2) is 281 Å². The summed E-state index contributed by atoms with van der Waals surface area (Å²) in [6.45, 7) is 19.8. The Morgan fingerprint density at radius 1 is 0.428 bits per heavy atom. The predicted molar refractivity (Wildman–Crippen MR) is 584 cm³/mol. The van der Waals surface area contributed by atoms with Gasteiger partial charge in [0.25, 0.3) is 22.2 Å². The average Bonchev–Trinajstić information content (AvgIpc) is 0.775. The van der Waals surface area contributed by atoms with Crippen molar-refractivity contribution in [2.45, 2.75) is 81.6 Å². The standard InChI is InChI=1S/C22H17ClN6O.C21H15Cl2IN4O.C21H17ClIN5O.C17H15ClN2O.C6H8BNO3.C4HCl2IN2.CN.4CH4.Cu.H3N.H2O/c1-13(27-20-17(25-2)12-26-22(24)28-20)18-11-14-7-6-10-16(23)19(14)21(30)29(18)15-8-4-3-5-9-15;1-12(26-19-16(24)11-25-21(23)27-19)17-10-13-6-5-9-15(22)18(13)20(29)28(17)14-7-3-2-4-8-14;1-12(26-19-16(23)11-25-21(24)27-19)17-10-13-6-5-9-15(22)18(13)20(29)28(17)14-7-3-2-4-8-14;1-11(19)15-10-12-6-5-9-14(18)16(12)17(21)20(15)13-7-3-2-4-8-13;1-11-6-2-5(7(9)10)3-8-4-6;5-3-2(7)1-8-4(6)9-3;1-2;;;;;;;/h3-13H,1H3,(H3,24,26,27,28);2-12H,1H3,(H,25,26,27);2-12H,1H3,(H3,24,25,26,27);2-11H,19H2,1H3;2-4,9-10H,1H3;1H;;4*1H4;;1H3;1H2/q;;;;;;-1;;;;;+1;;/t13-;2*12-;11-;;;;;;;;;;/m0000........../s1. The van der Waals surface area contributed by atoms with E-state index in [1.165, 1.54) is 31.8 Å². The van der Waals surface area contributed by atoms with Gasteiger partial charge in [0.05, 0.1) is 90.4 Å². The van der Waals surface area contributed by atoms with E-state index >= 15 is 0 Å². The number of methoxy groups -OCH3 is 1. The van der Waals surface area contributed by atoms with Crippen LogP contribution < -0.4 is 71.7 Å². The number of nitrogens with one attached hydrogen (secondary N) is 3. The van der Waals surface area contributed by atoms with Crippen LogP contribution in [0.5, 0.6) is 5.75 Å². The van der Waals surface area contributed by atoms with Crippen molar-refractivity contribution in [2.75, 3.05) is 34.5 Å². The number of para-hydroxylation sites is 4. The number of aromatic nitrogens is 13. The first-order chi connectivity index (χ1) is 62.9. The number of hydrogen-bond donors (Lipinski definition) is 9. The summed E-state index contributed by atoms with van der Waals surface area (Å²) in [7, 11) is 0.00229. The van der Waals surface area contributed by atoms with Gasteiger partial charge in [0.1, 0.15) is 28.4 Å². The van der Waals surface area contributed by atoms with Gasteiger partial charge in [-0.2, -0.15) is 9.97 Å². The third-order valence-corrected chi connectivity index (χ3v) is 23.9. The molecule has 0 fully saturated rings. The molecule has 9 aromatic heterocycles. The predicted octanol–water partition coefficient (Wildman–Crippen LogP) is 22.2. The van der Waals surface area contributed by atoms with E-state index in [1.54, 1.807) is 67.2 Å². The summed E-state index contributed by atoms with van der Waals surface area (Å²) in [6.07, 6.45) is 9.10. The van der Waals surface area contributed by atoms with Crippen LogP contribution in [-0.4, -0.2) is 92.9 Å². The molecule has 42 heteroatoms. The number of rotatable bonds is 16. The topological polar surface area (TPSA) is 462 Å². The van der Waals surface area contributed by atoms with E-state index in [0.717, 1.165) is 66.4 Å². The Balaban J connectivity index is 0.000000353. The second-order valence-electron chi connectivity index (χ2n) is 28.0. The molecule has 0 aliphatic carbocycles. The summed E-state index contributed by atoms with van der Waals surface area (Å²) >= 11 is 48.5. The van der Waals surface area contributed by atoms with Crippen LogP contribution in [-0.2, 0) is 17.1 Å². The molecular formula is C96H94BCl7CuI3N22O8. The largest absolute Gasteiger partial charge is 1.00 e. The van der Waals surface area contributed by atoms with E-state index in [-0.39, 0.29) is 133 Å². The molecule has 0 unspecified atom stereocenters. The molecule has 0 bridgehead atoms. The molecule has 0 aliphatic rings. The van der Waals surface area contributed by atoms with Gasteiger partial charge in [-0.1, -0.05) is 209 Å². The Morgan fingerprint density at radius 2 is 0.732 bits per heavy atom. The Kier molecular flexibility index (Phi) is 48.1. The van der Waals surface area contributed by atoms with E-state index in [2.05, 4.69) is 111 Å². The summed E-state index contributed by atoms with van der Waals surface area (Å²) in [4.78, 5) is 92.4. The van der Waals surface area contributed by atoms with Gasteiger partial charge in [0, 0.05) is 88.0 Å². The Morgan fingerprint density at radius 3 is 1.06 bits per heavy atom. The summed E-state index contributed by atoms with van der Waals surface area (Å²) in [5.41, 5.74) is 23.4. The van der Waals surface area contributed by atoms with Gasteiger partial charge in [-0.15, -0.1) is 0 Å². The fourth-order valence-electron chi connectivity index (χ4n) is 13.4. The number of benzene rings is 8. The minimum absolute atomic E-state index is 0. The molecule has 16 N–H and O–H groups in total. The number of fused-ring (bicyclic) bond motifs is 4. The SMILES string of the molecule is C.C.C.C.COc1cncc(B(O)O)c1.C[C@H](N)c1cc2cccc(Cl)c2c(=O)n1-c1ccccc1.C[C@H](Nc1nc(Cl)ncc1I)c1cc2cccc(Cl)c2c(=O)n1-c1ccccc1.C[C@H](Nc1nc(N)ncc1I)c1cc2cccc(Cl)c2c(=O)n1-c1ccccc1.Clc1ncc(I)c(Cl)n1.N.O.[C-]#N.[C-]#[N+]c1cnc(N)nc1N[C@@H](C)c1cc2cccc(Cl)c2c(=O)n1-c1ccccc1.[Cu+]. The number of nitrogens with two attached hydrogens (primary N) is 3. The van der Waals surface area contributed by atoms with Crippen molar-refractivity contribution in [3.8, 4) is 28.5 Å². The van der Waals surface area contributed by atoms with Crippen LogP contribution in [0.4, 0.5) is 35.0 Å². The number of hydrogen-bond acceptors (Lipinski definition) is 24. The molecule has 138 heavy (non-hydrogen) atoms. The molecule has 9 heterocycles. The zero-order valence-electron chi connectivity index (χ0n) is 70.9. The molecule has 0 radical (unpaired) electrons. The van der Waals surface area contributed by atoms with E-state index in [0.29, 0.717) is 86.8 Å². The minimum Gasteiger partial charge on any atom is -0.512 e. The molecular weight excluding hydrogens is 2290 g/mol. The zero-order chi connectivity index (χ0) is 94.4. The molecule has 4 atom stereocenters. The molecule has 0 spiro atoms. The van der Waals surface area contributed by atoms with Gasteiger partial charge in [0.15, 0.2) is 0 Å². The van der Waals surface area contributed by atoms with Crippen LogP contribution >= 0.6 is 149 Å². The van der Waals surface area contributed by atoms with Crippen molar-refractivity contribution in [1.29, 1.82) is 5.26 Å². The van der Waals surface area contributed by atoms with Crippen molar-refractivity contribution < 1.29 is 37.3 Å². The molecule has 30 nitrogen and oxygen atoms in total. The summed E-state index contributed by atoms with van der Waals surface area (Å²) in [6, 6.07) is 67.7. The minimum atomic E-state index is -1.49. The van der Waals surface area contributed by atoms with Crippen LogP contribution in [0, 0.1) is 29.1 Å². The fraction of sp³-hybridized carbons (Fsp3) is 0.135. The van der Waals surface area contributed by atoms with Crippen molar-refractivity contribution in [1.82, 2.24) is 69.3 Å². The molecule has 17 aromatic rings.